The summed E-state index contributed by atoms with van der Waals surface area (Å²) in [6.07, 6.45) is 1.61. The van der Waals surface area contributed by atoms with Gasteiger partial charge in [0.15, 0.2) is 0 Å². The van der Waals surface area contributed by atoms with Crippen LogP contribution in [-0.2, 0) is 4.79 Å². The van der Waals surface area contributed by atoms with Crippen molar-refractivity contribution in [1.29, 1.82) is 0 Å². The Balaban J connectivity index is 0.00000243. The summed E-state index contributed by atoms with van der Waals surface area (Å²) in [5, 5.41) is 3.23. The van der Waals surface area contributed by atoms with Crippen molar-refractivity contribution in [2.24, 2.45) is 5.92 Å². The Hall–Kier alpha value is -2.04. The summed E-state index contributed by atoms with van der Waals surface area (Å²) in [6, 6.07) is 19.3. The predicted octanol–water partition coefficient (Wildman–Crippen LogP) is 3.69. The first-order valence-electron chi connectivity index (χ1n) is 8.98. The second-order valence-corrected chi connectivity index (χ2v) is 6.57. The van der Waals surface area contributed by atoms with Gasteiger partial charge in [0.1, 0.15) is 5.75 Å². The van der Waals surface area contributed by atoms with Crippen LogP contribution in [0.15, 0.2) is 60.7 Å². The number of carbonyl (C=O) groups excluding carboxylic acids is 1. The van der Waals surface area contributed by atoms with Crippen LogP contribution in [0.1, 0.15) is 24.5 Å². The molecule has 140 valence electrons. The van der Waals surface area contributed by atoms with Crippen LogP contribution in [0.2, 0.25) is 0 Å². The minimum absolute atomic E-state index is 0. The van der Waals surface area contributed by atoms with Crippen LogP contribution in [0.25, 0.3) is 0 Å². The number of rotatable bonds is 6. The van der Waals surface area contributed by atoms with Crippen LogP contribution >= 0.6 is 12.4 Å². The minimum Gasteiger partial charge on any atom is -0.476 e. The average molecular weight is 375 g/mol. The molecule has 4 nitrogen and oxygen atoms in total. The molecule has 0 radical (unpaired) electrons. The highest BCUT2D eigenvalue weighted by atomic mass is 35.5. The Morgan fingerprint density at radius 3 is 2.46 bits per heavy atom. The van der Waals surface area contributed by atoms with Crippen LogP contribution in [0.4, 0.5) is 0 Å². The SMILES string of the molecule is CNCC1CCCN(C(=O)C(Oc2ccccc2)c2ccccc2)C1.Cl. The van der Waals surface area contributed by atoms with Gasteiger partial charge >= 0.3 is 0 Å². The summed E-state index contributed by atoms with van der Waals surface area (Å²) < 4.78 is 6.10. The van der Waals surface area contributed by atoms with Crippen molar-refractivity contribution in [3.05, 3.63) is 66.2 Å². The van der Waals surface area contributed by atoms with Gasteiger partial charge in [-0.3, -0.25) is 4.79 Å². The molecule has 1 aliphatic rings. The zero-order valence-corrected chi connectivity index (χ0v) is 16.0. The molecule has 1 saturated heterocycles. The molecule has 2 unspecified atom stereocenters. The smallest absolute Gasteiger partial charge is 0.268 e. The lowest BCUT2D eigenvalue weighted by molar-refractivity contribution is -0.140. The minimum atomic E-state index is -0.600. The number of ether oxygens (including phenoxy) is 1. The highest BCUT2D eigenvalue weighted by Gasteiger charge is 2.31. The van der Waals surface area contributed by atoms with E-state index in [9.17, 15) is 4.79 Å². The van der Waals surface area contributed by atoms with Crippen molar-refractivity contribution < 1.29 is 9.53 Å². The first kappa shape index (κ1) is 20.3. The first-order valence-corrected chi connectivity index (χ1v) is 8.98. The van der Waals surface area contributed by atoms with Crippen LogP contribution in [0, 0.1) is 5.92 Å². The monoisotopic (exact) mass is 374 g/mol. The van der Waals surface area contributed by atoms with Crippen LogP contribution < -0.4 is 10.1 Å². The highest BCUT2D eigenvalue weighted by molar-refractivity contribution is 5.85. The van der Waals surface area contributed by atoms with E-state index >= 15 is 0 Å². The molecule has 2 aromatic rings. The van der Waals surface area contributed by atoms with Gasteiger partial charge in [0.05, 0.1) is 0 Å². The van der Waals surface area contributed by atoms with E-state index in [1.807, 2.05) is 72.6 Å². The van der Waals surface area contributed by atoms with E-state index in [4.69, 9.17) is 4.74 Å². The number of likely N-dealkylation sites (tertiary alicyclic amines) is 1. The summed E-state index contributed by atoms with van der Waals surface area (Å²) >= 11 is 0. The fourth-order valence-corrected chi connectivity index (χ4v) is 3.41. The number of benzene rings is 2. The maximum absolute atomic E-state index is 13.2. The molecular formula is C21H27ClN2O2. The van der Waals surface area contributed by atoms with E-state index in [-0.39, 0.29) is 18.3 Å². The third-order valence-corrected chi connectivity index (χ3v) is 4.65. The maximum Gasteiger partial charge on any atom is 0.268 e. The number of hydrogen-bond donors (Lipinski definition) is 1. The number of nitrogens with zero attached hydrogens (tertiary/aromatic N) is 1. The van der Waals surface area contributed by atoms with Gasteiger partial charge in [0, 0.05) is 18.7 Å². The van der Waals surface area contributed by atoms with E-state index < -0.39 is 6.10 Å². The van der Waals surface area contributed by atoms with Gasteiger partial charge in [0.25, 0.3) is 5.91 Å². The molecule has 1 fully saturated rings. The number of para-hydroxylation sites is 1. The molecule has 0 aliphatic carbocycles. The van der Waals surface area contributed by atoms with Gasteiger partial charge in [0.2, 0.25) is 6.10 Å². The summed E-state index contributed by atoms with van der Waals surface area (Å²) in [5.74, 6) is 1.28. The highest BCUT2D eigenvalue weighted by Crippen LogP contribution is 2.26. The Bertz CT molecular complexity index is 664. The van der Waals surface area contributed by atoms with Gasteiger partial charge < -0.3 is 15.0 Å². The fraction of sp³-hybridized carbons (Fsp3) is 0.381. The van der Waals surface area contributed by atoms with Gasteiger partial charge in [-0.05, 0) is 44.5 Å². The Kier molecular flexibility index (Phi) is 7.95. The van der Waals surface area contributed by atoms with Crippen molar-refractivity contribution in [3.63, 3.8) is 0 Å². The van der Waals surface area contributed by atoms with Crippen molar-refractivity contribution in [2.45, 2.75) is 18.9 Å². The van der Waals surface area contributed by atoms with Gasteiger partial charge in [-0.1, -0.05) is 48.5 Å². The zero-order chi connectivity index (χ0) is 17.5. The summed E-state index contributed by atoms with van der Waals surface area (Å²) in [6.45, 7) is 2.54. The third-order valence-electron chi connectivity index (χ3n) is 4.65. The van der Waals surface area contributed by atoms with E-state index in [2.05, 4.69) is 5.32 Å². The molecule has 0 bridgehead atoms. The zero-order valence-electron chi connectivity index (χ0n) is 15.1. The first-order chi connectivity index (χ1) is 12.3. The lowest BCUT2D eigenvalue weighted by Crippen LogP contribution is -2.45. The average Bonchev–Trinajstić information content (AvgIpc) is 2.68. The lowest BCUT2D eigenvalue weighted by atomic mass is 9.97. The molecule has 0 spiro atoms. The molecule has 1 aliphatic heterocycles. The van der Waals surface area contributed by atoms with E-state index in [1.165, 1.54) is 6.42 Å². The maximum atomic E-state index is 13.2. The second kappa shape index (κ2) is 10.2. The molecule has 1 amide bonds. The lowest BCUT2D eigenvalue weighted by Gasteiger charge is -2.35. The normalized spacial score (nSPS) is 17.9. The van der Waals surface area contributed by atoms with Gasteiger partial charge in [-0.25, -0.2) is 0 Å². The molecule has 2 atom stereocenters. The molecule has 2 aromatic carbocycles. The van der Waals surface area contributed by atoms with Crippen LogP contribution in [0.5, 0.6) is 5.75 Å². The number of carbonyl (C=O) groups is 1. The van der Waals surface area contributed by atoms with Gasteiger partial charge in [-0.15, -0.1) is 12.4 Å². The summed E-state index contributed by atoms with van der Waals surface area (Å²) in [7, 11) is 1.96. The topological polar surface area (TPSA) is 41.6 Å². The Morgan fingerprint density at radius 2 is 1.81 bits per heavy atom. The van der Waals surface area contributed by atoms with Crippen LogP contribution in [-0.4, -0.2) is 37.5 Å². The molecule has 0 saturated carbocycles. The van der Waals surface area contributed by atoms with Gasteiger partial charge in [-0.2, -0.15) is 0 Å². The molecular weight excluding hydrogens is 348 g/mol. The molecule has 0 aromatic heterocycles. The number of piperidine rings is 1. The van der Waals surface area contributed by atoms with E-state index in [0.717, 1.165) is 31.6 Å². The largest absolute Gasteiger partial charge is 0.476 e. The Morgan fingerprint density at radius 1 is 1.15 bits per heavy atom. The van der Waals surface area contributed by atoms with Crippen molar-refractivity contribution in [1.82, 2.24) is 10.2 Å². The second-order valence-electron chi connectivity index (χ2n) is 6.57. The van der Waals surface area contributed by atoms with Crippen molar-refractivity contribution in [2.75, 3.05) is 26.7 Å². The predicted molar refractivity (Wildman–Crippen MR) is 107 cm³/mol. The number of halogens is 1. The fourth-order valence-electron chi connectivity index (χ4n) is 3.41. The van der Waals surface area contributed by atoms with E-state index in [0.29, 0.717) is 11.7 Å². The van der Waals surface area contributed by atoms with E-state index in [1.54, 1.807) is 0 Å². The summed E-state index contributed by atoms with van der Waals surface area (Å²) in [4.78, 5) is 15.2. The molecule has 5 heteroatoms. The van der Waals surface area contributed by atoms with Crippen LogP contribution in [0.3, 0.4) is 0 Å². The number of hydrogen-bond acceptors (Lipinski definition) is 3. The molecule has 26 heavy (non-hydrogen) atoms. The van der Waals surface area contributed by atoms with Crippen molar-refractivity contribution >= 4 is 18.3 Å². The third kappa shape index (κ3) is 5.23. The van der Waals surface area contributed by atoms with Crippen molar-refractivity contribution in [3.8, 4) is 5.75 Å². The summed E-state index contributed by atoms with van der Waals surface area (Å²) in [5.41, 5.74) is 0.895. The standard InChI is InChI=1S/C21H26N2O2.ClH/c1-22-15-17-9-8-14-23(16-17)21(24)20(18-10-4-2-5-11-18)25-19-12-6-3-7-13-19;/h2-7,10-13,17,20,22H,8-9,14-16H2,1H3;1H. The molecule has 3 rings (SSSR count). The number of amides is 1. The number of nitrogens with one attached hydrogen (secondary N) is 1. The molecule has 1 heterocycles. The quantitative estimate of drug-likeness (QED) is 0.838. The molecule has 1 N–H and O–H groups in total. The Labute approximate surface area is 162 Å².